The second kappa shape index (κ2) is 6.39. The first-order valence-electron chi connectivity index (χ1n) is 5.48. The van der Waals surface area contributed by atoms with E-state index < -0.39 is 0 Å². The van der Waals surface area contributed by atoms with Gasteiger partial charge in [0.25, 0.3) is 0 Å². The summed E-state index contributed by atoms with van der Waals surface area (Å²) in [5.41, 5.74) is 6.83. The van der Waals surface area contributed by atoms with E-state index in [-0.39, 0.29) is 7.43 Å². The molecule has 0 atom stereocenters. The Morgan fingerprint density at radius 1 is 0.905 bits per heavy atom. The molecular formula is C11H12IN9. The molecule has 0 amide bonds. The Morgan fingerprint density at radius 2 is 1.48 bits per heavy atom. The summed E-state index contributed by atoms with van der Waals surface area (Å²) in [6.07, 6.45) is 3.23. The van der Waals surface area contributed by atoms with Crippen LogP contribution in [-0.2, 0) is 0 Å². The van der Waals surface area contributed by atoms with Gasteiger partial charge in [-0.2, -0.15) is 20.4 Å². The van der Waals surface area contributed by atoms with E-state index in [9.17, 15) is 0 Å². The van der Waals surface area contributed by atoms with E-state index in [2.05, 4.69) is 63.4 Å². The standard InChI is InChI=1S/C5H3IN4.C5H5N5.CH4/c2*6-4-3-1-2-7-9-5(3)10-8-4;/h1-2H,(H,8,9,10);1-2H,(H3,6,8,9,10);1H4. The van der Waals surface area contributed by atoms with Crippen molar-refractivity contribution in [3.8, 4) is 0 Å². The first kappa shape index (κ1) is 15.0. The summed E-state index contributed by atoms with van der Waals surface area (Å²) < 4.78 is 0.933. The molecule has 4 rings (SSSR count). The number of nitrogens with zero attached hydrogens (tertiary/aromatic N) is 6. The number of aromatic nitrogens is 8. The van der Waals surface area contributed by atoms with Crippen molar-refractivity contribution in [3.63, 3.8) is 0 Å². The fraction of sp³-hybridized carbons (Fsp3) is 0.0909. The number of H-pyrrole nitrogens is 2. The van der Waals surface area contributed by atoms with E-state index in [0.717, 1.165) is 20.1 Å². The first-order valence-corrected chi connectivity index (χ1v) is 6.56. The van der Waals surface area contributed by atoms with E-state index in [0.29, 0.717) is 11.5 Å². The molecule has 0 radical (unpaired) electrons. The maximum absolute atomic E-state index is 5.47. The zero-order valence-corrected chi connectivity index (χ0v) is 12.1. The summed E-state index contributed by atoms with van der Waals surface area (Å²) >= 11 is 2.14. The van der Waals surface area contributed by atoms with Gasteiger partial charge in [-0.15, -0.1) is 10.2 Å². The molecule has 10 heteroatoms. The van der Waals surface area contributed by atoms with E-state index in [4.69, 9.17) is 5.73 Å². The lowest BCUT2D eigenvalue weighted by Crippen LogP contribution is -1.84. The fourth-order valence-corrected chi connectivity index (χ4v) is 2.09. The molecule has 0 fully saturated rings. The van der Waals surface area contributed by atoms with Gasteiger partial charge in [-0.3, -0.25) is 10.2 Å². The molecule has 0 aliphatic carbocycles. The van der Waals surface area contributed by atoms with Gasteiger partial charge in [0.2, 0.25) is 0 Å². The van der Waals surface area contributed by atoms with E-state index >= 15 is 0 Å². The van der Waals surface area contributed by atoms with Crippen molar-refractivity contribution >= 4 is 50.5 Å². The largest absolute Gasteiger partial charge is 0.382 e. The molecule has 0 aliphatic rings. The number of hydrogen-bond acceptors (Lipinski definition) is 7. The Bertz CT molecular complexity index is 781. The van der Waals surface area contributed by atoms with Crippen LogP contribution in [0.3, 0.4) is 0 Å². The Labute approximate surface area is 132 Å². The van der Waals surface area contributed by atoms with Gasteiger partial charge in [-0.05, 0) is 34.7 Å². The third kappa shape index (κ3) is 3.04. The van der Waals surface area contributed by atoms with Gasteiger partial charge in [0.15, 0.2) is 17.1 Å². The van der Waals surface area contributed by atoms with Gasteiger partial charge in [-0.1, -0.05) is 7.43 Å². The van der Waals surface area contributed by atoms with Gasteiger partial charge in [0.05, 0.1) is 23.2 Å². The summed E-state index contributed by atoms with van der Waals surface area (Å²) in [6.45, 7) is 0. The normalized spacial score (nSPS) is 9.95. The summed E-state index contributed by atoms with van der Waals surface area (Å²) in [5, 5.41) is 29.9. The van der Waals surface area contributed by atoms with Crippen LogP contribution in [0.1, 0.15) is 7.43 Å². The molecule has 0 spiro atoms. The van der Waals surface area contributed by atoms with Crippen molar-refractivity contribution in [1.82, 2.24) is 40.8 Å². The smallest absolute Gasteiger partial charge is 0.180 e. The van der Waals surface area contributed by atoms with Crippen LogP contribution in [-0.4, -0.2) is 40.8 Å². The Kier molecular flexibility index (Phi) is 4.57. The lowest BCUT2D eigenvalue weighted by Gasteiger charge is -1.82. The van der Waals surface area contributed by atoms with Crippen molar-refractivity contribution in [2.24, 2.45) is 0 Å². The van der Waals surface area contributed by atoms with Gasteiger partial charge in [-0.25, -0.2) is 0 Å². The molecule has 0 aromatic carbocycles. The fourth-order valence-electron chi connectivity index (χ4n) is 1.54. The Morgan fingerprint density at radius 3 is 2.10 bits per heavy atom. The molecule has 0 saturated heterocycles. The predicted molar refractivity (Wildman–Crippen MR) is 87.2 cm³/mol. The Hall–Kier alpha value is -2.37. The highest BCUT2D eigenvalue weighted by Crippen LogP contribution is 2.13. The summed E-state index contributed by atoms with van der Waals surface area (Å²) in [5.74, 6) is 0.463. The van der Waals surface area contributed by atoms with Crippen LogP contribution in [0, 0.1) is 3.70 Å². The van der Waals surface area contributed by atoms with Gasteiger partial charge >= 0.3 is 0 Å². The first-order chi connectivity index (χ1) is 9.75. The second-order valence-corrected chi connectivity index (χ2v) is 4.73. The zero-order chi connectivity index (χ0) is 13.9. The SMILES string of the molecule is C.Ic1n[nH]c2nnccc12.Nc1n[nH]c2nnccc12. The number of nitrogens with one attached hydrogen (secondary N) is 2. The molecule has 0 aliphatic heterocycles. The maximum Gasteiger partial charge on any atom is 0.180 e. The average Bonchev–Trinajstić information content (AvgIpc) is 3.05. The highest BCUT2D eigenvalue weighted by molar-refractivity contribution is 14.1. The third-order valence-electron chi connectivity index (χ3n) is 2.48. The zero-order valence-electron chi connectivity index (χ0n) is 9.95. The van der Waals surface area contributed by atoms with Crippen molar-refractivity contribution in [2.75, 3.05) is 5.73 Å². The van der Waals surface area contributed by atoms with Gasteiger partial charge < -0.3 is 5.73 Å². The Balaban J connectivity index is 0.000000147. The molecule has 0 saturated carbocycles. The highest BCUT2D eigenvalue weighted by atomic mass is 127. The van der Waals surface area contributed by atoms with E-state index in [1.54, 1.807) is 18.5 Å². The number of nitrogens with two attached hydrogens (primary N) is 1. The van der Waals surface area contributed by atoms with E-state index in [1.807, 2.05) is 6.07 Å². The minimum atomic E-state index is 0. The van der Waals surface area contributed by atoms with Crippen LogP contribution in [0.15, 0.2) is 24.5 Å². The molecule has 0 unspecified atom stereocenters. The summed E-state index contributed by atoms with van der Waals surface area (Å²) in [6, 6.07) is 3.65. The number of fused-ring (bicyclic) bond motifs is 2. The number of hydrogen-bond donors (Lipinski definition) is 3. The second-order valence-electron chi connectivity index (χ2n) is 3.71. The lowest BCUT2D eigenvalue weighted by molar-refractivity contribution is 1.02. The average molecular weight is 397 g/mol. The topological polar surface area (TPSA) is 135 Å². The minimum Gasteiger partial charge on any atom is -0.382 e. The van der Waals surface area contributed by atoms with Crippen molar-refractivity contribution in [3.05, 3.63) is 28.2 Å². The van der Waals surface area contributed by atoms with E-state index in [1.165, 1.54) is 0 Å². The molecule has 0 bridgehead atoms. The summed E-state index contributed by atoms with van der Waals surface area (Å²) in [7, 11) is 0. The van der Waals surface area contributed by atoms with Crippen molar-refractivity contribution < 1.29 is 0 Å². The minimum absolute atomic E-state index is 0. The van der Waals surface area contributed by atoms with Gasteiger partial charge in [0.1, 0.15) is 3.70 Å². The molecule has 4 N–H and O–H groups in total. The van der Waals surface area contributed by atoms with Crippen LogP contribution in [0.25, 0.3) is 22.1 Å². The molecule has 4 aromatic heterocycles. The maximum atomic E-state index is 5.47. The molecule has 21 heavy (non-hydrogen) atoms. The number of halogens is 1. The monoisotopic (exact) mass is 397 g/mol. The number of aromatic amines is 2. The third-order valence-corrected chi connectivity index (χ3v) is 3.30. The van der Waals surface area contributed by atoms with Crippen LogP contribution in [0.4, 0.5) is 5.82 Å². The van der Waals surface area contributed by atoms with Gasteiger partial charge in [0, 0.05) is 0 Å². The molecular weight excluding hydrogens is 385 g/mol. The number of anilines is 1. The molecule has 4 heterocycles. The molecule has 9 nitrogen and oxygen atoms in total. The van der Waals surface area contributed by atoms with Crippen LogP contribution >= 0.6 is 22.6 Å². The van der Waals surface area contributed by atoms with Crippen molar-refractivity contribution in [2.45, 2.75) is 7.43 Å². The van der Waals surface area contributed by atoms with Crippen LogP contribution < -0.4 is 5.73 Å². The lowest BCUT2D eigenvalue weighted by atomic mass is 10.4. The van der Waals surface area contributed by atoms with Crippen LogP contribution in [0.2, 0.25) is 0 Å². The molecule has 4 aromatic rings. The summed E-state index contributed by atoms with van der Waals surface area (Å²) in [4.78, 5) is 0. The van der Waals surface area contributed by atoms with Crippen molar-refractivity contribution in [1.29, 1.82) is 0 Å². The van der Waals surface area contributed by atoms with Crippen LogP contribution in [0.5, 0.6) is 0 Å². The quantitative estimate of drug-likeness (QED) is 0.383. The predicted octanol–water partition coefficient (Wildman–Crippen LogP) is 1.53. The molecule has 108 valence electrons. The number of rotatable bonds is 0. The highest BCUT2D eigenvalue weighted by Gasteiger charge is 2.00. The number of nitrogen functional groups attached to an aromatic ring is 1.